The number of nitrogens with one attached hydrogen (secondary N) is 1. The molecule has 2 heterocycles. The minimum absolute atomic E-state index is 0.144. The fourth-order valence-corrected chi connectivity index (χ4v) is 1.77. The van der Waals surface area contributed by atoms with E-state index in [1.807, 2.05) is 13.8 Å². The summed E-state index contributed by atoms with van der Waals surface area (Å²) in [5.41, 5.74) is 1.46. The summed E-state index contributed by atoms with van der Waals surface area (Å²) in [5.74, 6) is 1.20. The summed E-state index contributed by atoms with van der Waals surface area (Å²) in [5, 5.41) is 2.95. The zero-order valence-electron chi connectivity index (χ0n) is 9.21. The van der Waals surface area contributed by atoms with Gasteiger partial charge in [0.05, 0.1) is 0 Å². The summed E-state index contributed by atoms with van der Waals surface area (Å²) in [7, 11) is 0. The molecule has 2 rings (SSSR count). The van der Waals surface area contributed by atoms with Gasteiger partial charge in [-0.15, -0.1) is 0 Å². The van der Waals surface area contributed by atoms with E-state index in [4.69, 9.17) is 0 Å². The molecule has 0 aliphatic carbocycles. The molecule has 84 valence electrons. The van der Waals surface area contributed by atoms with Gasteiger partial charge in [0.1, 0.15) is 10.3 Å². The second kappa shape index (κ2) is 3.86. The minimum Gasteiger partial charge on any atom is -0.293 e. The summed E-state index contributed by atoms with van der Waals surface area (Å²) < 4.78 is 1.93. The van der Waals surface area contributed by atoms with Crippen molar-refractivity contribution in [2.24, 2.45) is 0 Å². The molecule has 2 aromatic heterocycles. The van der Waals surface area contributed by atoms with E-state index in [1.165, 1.54) is 4.68 Å². The zero-order valence-corrected chi connectivity index (χ0v) is 10.8. The summed E-state index contributed by atoms with van der Waals surface area (Å²) in [4.78, 5) is 20.2. The van der Waals surface area contributed by atoms with Crippen molar-refractivity contribution in [2.45, 2.75) is 20.8 Å². The Morgan fingerprint density at radius 2 is 2.00 bits per heavy atom. The predicted molar refractivity (Wildman–Crippen MR) is 63.9 cm³/mol. The van der Waals surface area contributed by atoms with Crippen LogP contribution in [0.4, 0.5) is 0 Å². The van der Waals surface area contributed by atoms with Gasteiger partial charge >= 0.3 is 0 Å². The first-order valence-electron chi connectivity index (χ1n) is 4.79. The van der Waals surface area contributed by atoms with Crippen molar-refractivity contribution >= 4 is 15.9 Å². The summed E-state index contributed by atoms with van der Waals surface area (Å²) in [6.45, 7) is 5.49. The first-order valence-corrected chi connectivity index (χ1v) is 5.58. The van der Waals surface area contributed by atoms with Crippen molar-refractivity contribution in [1.29, 1.82) is 0 Å². The third-order valence-corrected chi connectivity index (χ3v) is 3.12. The van der Waals surface area contributed by atoms with Crippen molar-refractivity contribution < 1.29 is 0 Å². The van der Waals surface area contributed by atoms with Gasteiger partial charge in [-0.3, -0.25) is 9.89 Å². The lowest BCUT2D eigenvalue weighted by molar-refractivity contribution is 0.789. The highest BCUT2D eigenvalue weighted by Gasteiger charge is 2.11. The lowest BCUT2D eigenvalue weighted by atomic mass is 10.4. The van der Waals surface area contributed by atoms with Crippen LogP contribution in [0.2, 0.25) is 0 Å². The number of nitrogens with zero attached hydrogens (tertiary/aromatic N) is 3. The molecule has 0 fully saturated rings. The van der Waals surface area contributed by atoms with Crippen LogP contribution in [-0.4, -0.2) is 19.7 Å². The van der Waals surface area contributed by atoms with Crippen LogP contribution < -0.4 is 5.56 Å². The van der Waals surface area contributed by atoms with Crippen molar-refractivity contribution in [3.05, 3.63) is 38.1 Å². The molecular weight excluding hydrogens is 272 g/mol. The predicted octanol–water partition coefficient (Wildman–Crippen LogP) is 1.64. The highest BCUT2D eigenvalue weighted by atomic mass is 79.9. The highest BCUT2D eigenvalue weighted by molar-refractivity contribution is 9.10. The second-order valence-corrected chi connectivity index (χ2v) is 4.40. The molecule has 0 saturated heterocycles. The largest absolute Gasteiger partial charge is 0.293 e. The number of rotatable bonds is 1. The molecule has 0 aliphatic heterocycles. The van der Waals surface area contributed by atoms with Crippen molar-refractivity contribution in [3.63, 3.8) is 0 Å². The maximum Gasteiger partial charge on any atom is 0.287 e. The number of hydrogen-bond donors (Lipinski definition) is 1. The van der Waals surface area contributed by atoms with Gasteiger partial charge < -0.3 is 0 Å². The van der Waals surface area contributed by atoms with Crippen LogP contribution in [0.1, 0.15) is 17.2 Å². The molecule has 0 aliphatic rings. The number of aromatic amines is 1. The zero-order chi connectivity index (χ0) is 11.9. The first-order chi connectivity index (χ1) is 7.49. The maximum absolute atomic E-state index is 11.8. The quantitative estimate of drug-likeness (QED) is 0.865. The van der Waals surface area contributed by atoms with Crippen LogP contribution in [0.25, 0.3) is 5.82 Å². The second-order valence-electron chi connectivity index (χ2n) is 3.61. The molecule has 0 amide bonds. The molecule has 0 unspecified atom stereocenters. The van der Waals surface area contributed by atoms with Crippen molar-refractivity contribution in [3.8, 4) is 5.82 Å². The number of hydrogen-bond acceptors (Lipinski definition) is 3. The normalized spacial score (nSPS) is 10.8. The molecule has 0 atom stereocenters. The molecule has 2 aromatic rings. The number of H-pyrrole nitrogens is 1. The lowest BCUT2D eigenvalue weighted by Crippen LogP contribution is -2.17. The van der Waals surface area contributed by atoms with Crippen LogP contribution in [0.15, 0.2) is 15.3 Å². The molecule has 0 aromatic carbocycles. The molecule has 1 N–H and O–H groups in total. The van der Waals surface area contributed by atoms with Crippen LogP contribution >= 0.6 is 15.9 Å². The minimum atomic E-state index is -0.144. The highest BCUT2D eigenvalue weighted by Crippen LogP contribution is 2.10. The molecule has 6 heteroatoms. The molecule has 0 spiro atoms. The number of aryl methyl sites for hydroxylation is 3. The number of aromatic nitrogens is 4. The average molecular weight is 283 g/mol. The Morgan fingerprint density at radius 3 is 2.50 bits per heavy atom. The molecular formula is C10H11BrN4O. The van der Waals surface area contributed by atoms with Gasteiger partial charge in [-0.2, -0.15) is 0 Å². The Labute approximate surface area is 101 Å². The van der Waals surface area contributed by atoms with E-state index in [1.54, 1.807) is 13.0 Å². The third-order valence-electron chi connectivity index (χ3n) is 2.18. The van der Waals surface area contributed by atoms with E-state index in [-0.39, 0.29) is 5.56 Å². The Kier molecular flexibility index (Phi) is 2.67. The average Bonchev–Trinajstić information content (AvgIpc) is 2.44. The van der Waals surface area contributed by atoms with Crippen molar-refractivity contribution in [1.82, 2.24) is 19.7 Å². The van der Waals surface area contributed by atoms with E-state index >= 15 is 0 Å². The van der Waals surface area contributed by atoms with E-state index in [0.717, 1.165) is 11.4 Å². The van der Waals surface area contributed by atoms with Crippen molar-refractivity contribution in [2.75, 3.05) is 0 Å². The van der Waals surface area contributed by atoms with Gasteiger partial charge in [-0.05, 0) is 36.7 Å². The van der Waals surface area contributed by atoms with E-state index in [0.29, 0.717) is 16.1 Å². The standard InChI is InChI=1S/C10H11BrN4O/c1-5-4-8(13-7(3)12-5)15-10(16)9(11)6(2)14-15/h4,14H,1-3H3. The first kappa shape index (κ1) is 11.1. The SMILES string of the molecule is Cc1cc(-n2[nH]c(C)c(Br)c2=O)nc(C)n1. The van der Waals surface area contributed by atoms with Gasteiger partial charge in [0.25, 0.3) is 5.56 Å². The molecule has 16 heavy (non-hydrogen) atoms. The van der Waals surface area contributed by atoms with E-state index in [2.05, 4.69) is 31.0 Å². The molecule has 0 saturated carbocycles. The third kappa shape index (κ3) is 1.80. The topological polar surface area (TPSA) is 63.6 Å². The molecule has 0 radical (unpaired) electrons. The molecule has 5 nitrogen and oxygen atoms in total. The Bertz CT molecular complexity index is 579. The summed E-state index contributed by atoms with van der Waals surface area (Å²) in [6.07, 6.45) is 0. The van der Waals surface area contributed by atoms with E-state index in [9.17, 15) is 4.79 Å². The van der Waals surface area contributed by atoms with Gasteiger partial charge in [0, 0.05) is 17.5 Å². The maximum atomic E-state index is 11.8. The van der Waals surface area contributed by atoms with Gasteiger partial charge in [0.2, 0.25) is 0 Å². The Balaban J connectivity index is 2.67. The smallest absolute Gasteiger partial charge is 0.287 e. The van der Waals surface area contributed by atoms with Crippen LogP contribution in [0, 0.1) is 20.8 Å². The van der Waals surface area contributed by atoms with Gasteiger partial charge in [-0.25, -0.2) is 14.6 Å². The fourth-order valence-electron chi connectivity index (χ4n) is 1.50. The van der Waals surface area contributed by atoms with E-state index < -0.39 is 0 Å². The fraction of sp³-hybridized carbons (Fsp3) is 0.300. The van der Waals surface area contributed by atoms with Crippen LogP contribution in [0.5, 0.6) is 0 Å². The van der Waals surface area contributed by atoms with Gasteiger partial charge in [-0.1, -0.05) is 0 Å². The Morgan fingerprint density at radius 1 is 1.31 bits per heavy atom. The van der Waals surface area contributed by atoms with Crippen LogP contribution in [-0.2, 0) is 0 Å². The molecule has 0 bridgehead atoms. The Hall–Kier alpha value is -1.43. The summed E-state index contributed by atoms with van der Waals surface area (Å²) >= 11 is 3.23. The summed E-state index contributed by atoms with van der Waals surface area (Å²) in [6, 6.07) is 1.76. The van der Waals surface area contributed by atoms with Gasteiger partial charge in [0.15, 0.2) is 5.82 Å². The number of halogens is 1. The monoisotopic (exact) mass is 282 g/mol. The van der Waals surface area contributed by atoms with Crippen LogP contribution in [0.3, 0.4) is 0 Å². The lowest BCUT2D eigenvalue weighted by Gasteiger charge is -2.02.